The molecule has 5 rings (SSSR count). The fraction of sp³-hybridized carbons (Fsp3) is 0.535. The van der Waals surface area contributed by atoms with E-state index in [1.54, 1.807) is 6.26 Å². The Hall–Kier alpha value is -4.05. The number of rotatable bonds is 17. The molecule has 0 atom stereocenters. The minimum atomic E-state index is -1.32. The Labute approximate surface area is 336 Å². The van der Waals surface area contributed by atoms with E-state index in [9.17, 15) is 4.79 Å². The lowest BCUT2D eigenvalue weighted by molar-refractivity contribution is 0.0204. The maximum atomic E-state index is 13.1. The van der Waals surface area contributed by atoms with Crippen molar-refractivity contribution in [2.75, 3.05) is 51.3 Å². The van der Waals surface area contributed by atoms with Crippen molar-refractivity contribution in [3.8, 4) is 22.4 Å². The van der Waals surface area contributed by atoms with Crippen LogP contribution in [0.5, 0.6) is 0 Å². The smallest absolute Gasteiger partial charge is 0.410 e. The Morgan fingerprint density at radius 2 is 1.54 bits per heavy atom. The van der Waals surface area contributed by atoms with Gasteiger partial charge >= 0.3 is 6.09 Å². The van der Waals surface area contributed by atoms with Crippen molar-refractivity contribution in [3.63, 3.8) is 0 Å². The lowest BCUT2D eigenvalue weighted by Gasteiger charge is -2.34. The third-order valence-corrected chi connectivity index (χ3v) is 13.1. The van der Waals surface area contributed by atoms with Gasteiger partial charge in [-0.3, -0.25) is 4.98 Å². The van der Waals surface area contributed by atoms with Crippen molar-refractivity contribution in [2.45, 2.75) is 103 Å². The van der Waals surface area contributed by atoms with Gasteiger partial charge in [0, 0.05) is 76.8 Å². The number of ether oxygens (including phenoxy) is 4. The van der Waals surface area contributed by atoms with Crippen molar-refractivity contribution in [3.05, 3.63) is 72.4 Å². The Bertz CT molecular complexity index is 1870. The van der Waals surface area contributed by atoms with Crippen LogP contribution in [0.2, 0.25) is 51.4 Å². The molecule has 13 heteroatoms. The van der Waals surface area contributed by atoms with Crippen LogP contribution in [0.4, 0.5) is 10.6 Å². The summed E-state index contributed by atoms with van der Waals surface area (Å²) in [7, 11) is -2.65. The van der Waals surface area contributed by atoms with Gasteiger partial charge in [0.2, 0.25) is 0 Å². The Morgan fingerprint density at radius 3 is 2.09 bits per heavy atom. The number of benzene rings is 1. The molecular formula is C43H64N6O5Si2. The van der Waals surface area contributed by atoms with Crippen LogP contribution in [0.3, 0.4) is 0 Å². The van der Waals surface area contributed by atoms with E-state index in [0.29, 0.717) is 46.4 Å². The van der Waals surface area contributed by atoms with Crippen LogP contribution in [0.15, 0.2) is 61.1 Å². The molecule has 1 amide bonds. The molecule has 304 valence electrons. The lowest BCUT2D eigenvalue weighted by Crippen LogP contribution is -2.41. The van der Waals surface area contributed by atoms with Gasteiger partial charge in [-0.05, 0) is 64.8 Å². The number of hydrogen-bond acceptors (Lipinski definition) is 9. The van der Waals surface area contributed by atoms with Crippen LogP contribution in [-0.2, 0) is 18.9 Å². The van der Waals surface area contributed by atoms with E-state index >= 15 is 0 Å². The van der Waals surface area contributed by atoms with E-state index in [1.807, 2.05) is 79.8 Å². The molecule has 0 saturated carbocycles. The third-order valence-electron chi connectivity index (χ3n) is 9.65. The molecular weight excluding hydrogens is 737 g/mol. The fourth-order valence-corrected chi connectivity index (χ4v) is 7.97. The summed E-state index contributed by atoms with van der Waals surface area (Å²) >= 11 is 0. The molecule has 0 aliphatic carbocycles. The summed E-state index contributed by atoms with van der Waals surface area (Å²) in [6.45, 7) is 25.5. The number of carbonyl (C=O) groups excluding carboxylic acids is 1. The minimum absolute atomic E-state index is 0.0579. The Balaban J connectivity index is 1.62. The maximum Gasteiger partial charge on any atom is 0.410 e. The van der Waals surface area contributed by atoms with Crippen molar-refractivity contribution < 1.29 is 23.7 Å². The molecule has 56 heavy (non-hydrogen) atoms. The summed E-state index contributed by atoms with van der Waals surface area (Å²) < 4.78 is 26.4. The maximum absolute atomic E-state index is 13.1. The number of nitrogens with zero attached hydrogens (tertiary/aromatic N) is 6. The SMILES string of the molecule is CCO/C=C/c1c(C2CCN(C(=O)OC(C)(C)C)CC2)nc2c(-c3ccc(-c4ccccc4)nc3)cnn2c1N(COCC[Si](C)(C)C)COCC[Si](C)(C)C. The highest BCUT2D eigenvalue weighted by atomic mass is 28.3. The van der Waals surface area contributed by atoms with Gasteiger partial charge in [-0.25, -0.2) is 9.78 Å². The molecule has 1 saturated heterocycles. The largest absolute Gasteiger partial charge is 0.501 e. The van der Waals surface area contributed by atoms with E-state index in [0.717, 1.165) is 70.0 Å². The second-order valence-electron chi connectivity index (χ2n) is 18.1. The summed E-state index contributed by atoms with van der Waals surface area (Å²) in [5.74, 6) is 0.888. The molecule has 3 aromatic heterocycles. The number of aromatic nitrogens is 4. The first-order valence-electron chi connectivity index (χ1n) is 20.1. The van der Waals surface area contributed by atoms with Gasteiger partial charge in [-0.2, -0.15) is 9.61 Å². The van der Waals surface area contributed by atoms with Crippen LogP contribution in [0.25, 0.3) is 34.1 Å². The molecule has 0 bridgehead atoms. The van der Waals surface area contributed by atoms with Crippen molar-refractivity contribution in [1.82, 2.24) is 24.5 Å². The average Bonchev–Trinajstić information content (AvgIpc) is 3.57. The van der Waals surface area contributed by atoms with E-state index in [-0.39, 0.29) is 12.0 Å². The van der Waals surface area contributed by atoms with Gasteiger partial charge < -0.3 is 28.7 Å². The molecule has 4 heterocycles. The van der Waals surface area contributed by atoms with Crippen LogP contribution >= 0.6 is 0 Å². The topological polar surface area (TPSA) is 104 Å². The number of amides is 1. The Kier molecular flexibility index (Phi) is 14.6. The monoisotopic (exact) mass is 800 g/mol. The highest BCUT2D eigenvalue weighted by molar-refractivity contribution is 6.76. The van der Waals surface area contributed by atoms with Crippen LogP contribution in [0.1, 0.15) is 57.7 Å². The van der Waals surface area contributed by atoms with Gasteiger partial charge in [-0.15, -0.1) is 0 Å². The van der Waals surface area contributed by atoms with E-state index < -0.39 is 21.7 Å². The average molecular weight is 801 g/mol. The normalized spacial score (nSPS) is 14.5. The highest BCUT2D eigenvalue weighted by Gasteiger charge is 2.32. The van der Waals surface area contributed by atoms with E-state index in [2.05, 4.69) is 62.4 Å². The van der Waals surface area contributed by atoms with Crippen LogP contribution < -0.4 is 4.90 Å². The Morgan fingerprint density at radius 1 is 0.893 bits per heavy atom. The molecule has 1 fully saturated rings. The molecule has 0 spiro atoms. The molecule has 0 N–H and O–H groups in total. The van der Waals surface area contributed by atoms with Crippen molar-refractivity contribution in [2.24, 2.45) is 0 Å². The van der Waals surface area contributed by atoms with Gasteiger partial charge in [0.05, 0.1) is 30.5 Å². The first-order chi connectivity index (χ1) is 26.5. The number of anilines is 1. The van der Waals surface area contributed by atoms with Crippen molar-refractivity contribution >= 4 is 39.8 Å². The number of likely N-dealkylation sites (tertiary alicyclic amines) is 1. The minimum Gasteiger partial charge on any atom is -0.501 e. The van der Waals surface area contributed by atoms with Crippen LogP contribution in [-0.4, -0.2) is 98.7 Å². The molecule has 11 nitrogen and oxygen atoms in total. The predicted octanol–water partition coefficient (Wildman–Crippen LogP) is 10.0. The number of piperidine rings is 1. The summed E-state index contributed by atoms with van der Waals surface area (Å²) in [5, 5.41) is 5.02. The number of carbonyl (C=O) groups is 1. The van der Waals surface area contributed by atoms with Crippen LogP contribution in [0, 0.1) is 0 Å². The zero-order chi connectivity index (χ0) is 40.5. The van der Waals surface area contributed by atoms with Gasteiger partial charge in [0.25, 0.3) is 0 Å². The summed E-state index contributed by atoms with van der Waals surface area (Å²) in [5.41, 5.74) is 5.75. The molecule has 1 aliphatic rings. The third kappa shape index (κ3) is 12.2. The lowest BCUT2D eigenvalue weighted by atomic mass is 9.90. The molecule has 1 aromatic carbocycles. The van der Waals surface area contributed by atoms with Crippen molar-refractivity contribution in [1.29, 1.82) is 0 Å². The summed E-state index contributed by atoms with van der Waals surface area (Å²) in [4.78, 5) is 27.4. The van der Waals surface area contributed by atoms with Gasteiger partial charge in [0.15, 0.2) is 5.65 Å². The standard InChI is InChI=1S/C43H64N6O5Si2/c1-11-51-24-21-36-39(34-19-22-47(23-20-34)42(50)54-43(2,3)4)46-40-37(35-17-18-38(44-29-35)33-15-13-12-14-16-33)30-45-49(40)41(36)48(31-52-25-27-55(5,6)7)32-53-26-28-56(8,9)10/h12-18,21,24,29-30,34H,11,19-20,22-23,25-28,31-32H2,1-10H3/b24-21+. The molecule has 4 aromatic rings. The van der Waals surface area contributed by atoms with E-state index in [1.165, 1.54) is 0 Å². The molecule has 1 aliphatic heterocycles. The predicted molar refractivity (Wildman–Crippen MR) is 233 cm³/mol. The first-order valence-corrected chi connectivity index (χ1v) is 27.5. The molecule has 0 radical (unpaired) electrons. The summed E-state index contributed by atoms with van der Waals surface area (Å²) in [6, 6.07) is 16.4. The number of fused-ring (bicyclic) bond motifs is 1. The fourth-order valence-electron chi connectivity index (χ4n) is 6.46. The zero-order valence-electron chi connectivity index (χ0n) is 35.4. The number of pyridine rings is 1. The zero-order valence-corrected chi connectivity index (χ0v) is 37.4. The van der Waals surface area contributed by atoms with E-state index in [4.69, 9.17) is 34.0 Å². The van der Waals surface area contributed by atoms with Gasteiger partial charge in [0.1, 0.15) is 24.9 Å². The second-order valence-corrected chi connectivity index (χ2v) is 29.3. The quantitative estimate of drug-likeness (QED) is 0.0447. The highest BCUT2D eigenvalue weighted by Crippen LogP contribution is 2.38. The van der Waals surface area contributed by atoms with Gasteiger partial charge in [-0.1, -0.05) is 75.7 Å². The molecule has 0 unspecified atom stereocenters. The summed E-state index contributed by atoms with van der Waals surface area (Å²) in [6.07, 6.45) is 8.72. The second kappa shape index (κ2) is 18.9. The first kappa shape index (κ1) is 43.1. The number of hydrogen-bond donors (Lipinski definition) is 0.